The molecule has 2 aromatic carbocycles. The molecule has 0 aliphatic carbocycles. The van der Waals surface area contributed by atoms with Gasteiger partial charge in [0.2, 0.25) is 0 Å². The fourth-order valence-electron chi connectivity index (χ4n) is 2.99. The molecule has 0 aromatic heterocycles. The number of hydrogen-bond acceptors (Lipinski definition) is 4. The van der Waals surface area contributed by atoms with Gasteiger partial charge in [0.15, 0.2) is 15.8 Å². The van der Waals surface area contributed by atoms with Crippen molar-refractivity contribution in [1.29, 1.82) is 0 Å². The van der Waals surface area contributed by atoms with E-state index in [1.165, 1.54) is 23.8 Å². The first kappa shape index (κ1) is 24.8. The van der Waals surface area contributed by atoms with Crippen LogP contribution in [0.4, 0.5) is 4.39 Å². The van der Waals surface area contributed by atoms with Gasteiger partial charge in [-0.15, -0.1) is 0 Å². The van der Waals surface area contributed by atoms with Crippen molar-refractivity contribution in [2.24, 2.45) is 4.99 Å². The largest absolute Gasteiger partial charge is 0.381 e. The molecule has 0 aliphatic rings. The van der Waals surface area contributed by atoms with Gasteiger partial charge in [-0.05, 0) is 48.6 Å². The number of sulfone groups is 1. The van der Waals surface area contributed by atoms with Crippen molar-refractivity contribution in [3.8, 4) is 0 Å². The molecule has 0 aliphatic heterocycles. The first-order valence-electron chi connectivity index (χ1n) is 10.5. The van der Waals surface area contributed by atoms with E-state index in [1.54, 1.807) is 0 Å². The summed E-state index contributed by atoms with van der Waals surface area (Å²) in [7, 11) is -3.22. The molecule has 8 heteroatoms. The van der Waals surface area contributed by atoms with Gasteiger partial charge in [-0.25, -0.2) is 17.8 Å². The fourth-order valence-corrected chi connectivity index (χ4v) is 3.84. The number of halogens is 1. The molecule has 6 nitrogen and oxygen atoms in total. The van der Waals surface area contributed by atoms with Gasteiger partial charge in [0.05, 0.1) is 18.9 Å². The van der Waals surface area contributed by atoms with Crippen LogP contribution in [0.15, 0.2) is 53.5 Å². The highest BCUT2D eigenvalue weighted by Gasteiger charge is 2.10. The van der Waals surface area contributed by atoms with E-state index in [1.807, 2.05) is 25.1 Å². The monoisotopic (exact) mass is 449 g/mol. The molecule has 170 valence electrons. The van der Waals surface area contributed by atoms with Gasteiger partial charge in [-0.1, -0.05) is 36.4 Å². The third kappa shape index (κ3) is 10.4. The quantitative estimate of drug-likeness (QED) is 0.296. The van der Waals surface area contributed by atoms with E-state index in [2.05, 4.69) is 27.8 Å². The predicted octanol–water partition coefficient (Wildman–Crippen LogP) is 3.07. The van der Waals surface area contributed by atoms with E-state index < -0.39 is 15.7 Å². The number of ether oxygens (including phenoxy) is 1. The van der Waals surface area contributed by atoms with Crippen LogP contribution in [0, 0.1) is 5.82 Å². The second kappa shape index (κ2) is 13.1. The first-order valence-corrected chi connectivity index (χ1v) is 12.5. The number of nitrogens with zero attached hydrogens (tertiary/aromatic N) is 1. The van der Waals surface area contributed by atoms with E-state index in [9.17, 15) is 12.8 Å². The Morgan fingerprint density at radius 3 is 2.55 bits per heavy atom. The summed E-state index contributed by atoms with van der Waals surface area (Å²) < 4.78 is 42.6. The Hall–Kier alpha value is -2.45. The molecule has 0 atom stereocenters. The summed E-state index contributed by atoms with van der Waals surface area (Å²) in [4.78, 5) is 4.48. The summed E-state index contributed by atoms with van der Waals surface area (Å²) in [5.74, 6) is 0.0528. The lowest BCUT2D eigenvalue weighted by atomic mass is 10.1. The van der Waals surface area contributed by atoms with Crippen LogP contribution in [-0.2, 0) is 33.3 Å². The summed E-state index contributed by atoms with van der Waals surface area (Å²) in [6.07, 6.45) is 2.87. The van der Waals surface area contributed by atoms with Crippen molar-refractivity contribution in [3.05, 3.63) is 71.0 Å². The highest BCUT2D eigenvalue weighted by molar-refractivity contribution is 7.89. The molecule has 2 N–H and O–H groups in total. The number of hydrogen-bond donors (Lipinski definition) is 2. The molecule has 0 radical (unpaired) electrons. The zero-order valence-electron chi connectivity index (χ0n) is 18.2. The number of benzene rings is 2. The molecule has 0 heterocycles. The topological polar surface area (TPSA) is 79.8 Å². The maximum atomic E-state index is 13.7. The maximum Gasteiger partial charge on any atom is 0.191 e. The van der Waals surface area contributed by atoms with Crippen LogP contribution in [0.5, 0.6) is 0 Å². The smallest absolute Gasteiger partial charge is 0.191 e. The minimum atomic E-state index is -3.22. The minimum absolute atomic E-state index is 0.136. The molecule has 0 amide bonds. The summed E-state index contributed by atoms with van der Waals surface area (Å²) in [5, 5.41) is 6.37. The molecule has 0 unspecified atom stereocenters. The number of aliphatic imine (C=N–C) groups is 1. The van der Waals surface area contributed by atoms with E-state index in [0.717, 1.165) is 19.1 Å². The standard InChI is InChI=1S/C23H32FN3O3S/c1-3-25-23(26-13-7-14-30-15-12-19-8-5-4-6-9-19)27-17-21-16-22(24)11-10-20(21)18-31(2,28)29/h4-6,8-11,16H,3,7,12-15,17-18H2,1-2H3,(H2,25,26,27). The SMILES string of the molecule is CCNC(=NCc1cc(F)ccc1CS(C)(=O)=O)NCCCOCCc1ccccc1. The van der Waals surface area contributed by atoms with Crippen LogP contribution in [-0.4, -0.2) is 46.9 Å². The minimum Gasteiger partial charge on any atom is -0.381 e. The maximum absolute atomic E-state index is 13.7. The lowest BCUT2D eigenvalue weighted by molar-refractivity contribution is 0.135. The third-order valence-corrected chi connectivity index (χ3v) is 5.31. The molecular weight excluding hydrogens is 417 g/mol. The molecule has 2 rings (SSSR count). The summed E-state index contributed by atoms with van der Waals surface area (Å²) >= 11 is 0. The summed E-state index contributed by atoms with van der Waals surface area (Å²) in [6, 6.07) is 14.3. The highest BCUT2D eigenvalue weighted by atomic mass is 32.2. The van der Waals surface area contributed by atoms with Crippen molar-refractivity contribution in [2.75, 3.05) is 32.6 Å². The van der Waals surface area contributed by atoms with Gasteiger partial charge in [0.25, 0.3) is 0 Å². The van der Waals surface area contributed by atoms with E-state index in [0.29, 0.717) is 43.4 Å². The Morgan fingerprint density at radius 1 is 1.06 bits per heavy atom. The van der Waals surface area contributed by atoms with Crippen LogP contribution in [0.25, 0.3) is 0 Å². The van der Waals surface area contributed by atoms with Gasteiger partial charge in [-0.3, -0.25) is 0 Å². The fraction of sp³-hybridized carbons (Fsp3) is 0.435. The van der Waals surface area contributed by atoms with Crippen LogP contribution in [0.1, 0.15) is 30.0 Å². The second-order valence-electron chi connectivity index (χ2n) is 7.31. The van der Waals surface area contributed by atoms with Crippen molar-refractivity contribution in [1.82, 2.24) is 10.6 Å². The van der Waals surface area contributed by atoms with Gasteiger partial charge in [-0.2, -0.15) is 0 Å². The summed E-state index contributed by atoms with van der Waals surface area (Å²) in [5.41, 5.74) is 2.39. The molecule has 0 saturated carbocycles. The Balaban J connectivity index is 1.80. The van der Waals surface area contributed by atoms with E-state index >= 15 is 0 Å². The zero-order chi connectivity index (χ0) is 22.5. The number of rotatable bonds is 12. The van der Waals surface area contributed by atoms with Crippen LogP contribution >= 0.6 is 0 Å². The van der Waals surface area contributed by atoms with Gasteiger partial charge < -0.3 is 15.4 Å². The van der Waals surface area contributed by atoms with E-state index in [4.69, 9.17) is 4.74 Å². The van der Waals surface area contributed by atoms with Crippen LogP contribution in [0.3, 0.4) is 0 Å². The lowest BCUT2D eigenvalue weighted by Gasteiger charge is -2.13. The highest BCUT2D eigenvalue weighted by Crippen LogP contribution is 2.15. The Kier molecular flexibility index (Phi) is 10.5. The van der Waals surface area contributed by atoms with Gasteiger partial charge >= 0.3 is 0 Å². The Morgan fingerprint density at radius 2 is 1.84 bits per heavy atom. The molecule has 0 saturated heterocycles. The molecular formula is C23H32FN3O3S. The van der Waals surface area contributed by atoms with Crippen molar-refractivity contribution in [3.63, 3.8) is 0 Å². The average Bonchev–Trinajstić information content (AvgIpc) is 2.72. The van der Waals surface area contributed by atoms with Gasteiger partial charge in [0.1, 0.15) is 5.82 Å². The van der Waals surface area contributed by atoms with Crippen LogP contribution in [0.2, 0.25) is 0 Å². The van der Waals surface area contributed by atoms with Gasteiger partial charge in [0, 0.05) is 26.0 Å². The number of guanidine groups is 1. The molecule has 0 fully saturated rings. The van der Waals surface area contributed by atoms with Crippen LogP contribution < -0.4 is 10.6 Å². The Bertz CT molecular complexity index is 934. The Labute approximate surface area is 184 Å². The van der Waals surface area contributed by atoms with Crippen molar-refractivity contribution >= 4 is 15.8 Å². The molecule has 0 bridgehead atoms. The third-order valence-electron chi connectivity index (χ3n) is 4.47. The second-order valence-corrected chi connectivity index (χ2v) is 9.45. The molecule has 2 aromatic rings. The lowest BCUT2D eigenvalue weighted by Crippen LogP contribution is -2.38. The zero-order valence-corrected chi connectivity index (χ0v) is 19.1. The molecule has 0 spiro atoms. The number of nitrogens with one attached hydrogen (secondary N) is 2. The average molecular weight is 450 g/mol. The predicted molar refractivity (Wildman–Crippen MR) is 123 cm³/mol. The first-order chi connectivity index (χ1) is 14.9. The van der Waals surface area contributed by atoms with Crippen molar-refractivity contribution in [2.45, 2.75) is 32.1 Å². The van der Waals surface area contributed by atoms with Crippen molar-refractivity contribution < 1.29 is 17.5 Å². The summed E-state index contributed by atoms with van der Waals surface area (Å²) in [6.45, 7) is 4.82. The van der Waals surface area contributed by atoms with E-state index in [-0.39, 0.29) is 12.3 Å². The molecule has 31 heavy (non-hydrogen) atoms. The normalized spacial score (nSPS) is 12.0.